The summed E-state index contributed by atoms with van der Waals surface area (Å²) in [4.78, 5) is 20.8. The van der Waals surface area contributed by atoms with Crippen molar-refractivity contribution in [3.63, 3.8) is 0 Å². The Hall–Kier alpha value is -2.18. The smallest absolute Gasteiger partial charge is 0.304 e. The number of nitrogens with zero attached hydrogens (tertiary/aromatic N) is 1. The zero-order valence-electron chi connectivity index (χ0n) is 10.8. The number of hydrogen-bond donors (Lipinski definition) is 1. The van der Waals surface area contributed by atoms with Gasteiger partial charge >= 0.3 is 5.97 Å². The Morgan fingerprint density at radius 3 is 2.53 bits per heavy atom. The largest absolute Gasteiger partial charge is 0.493 e. The molecule has 0 bridgehead atoms. The van der Waals surface area contributed by atoms with Crippen molar-refractivity contribution in [2.24, 2.45) is 0 Å². The molecule has 0 aliphatic heterocycles. The van der Waals surface area contributed by atoms with Gasteiger partial charge in [-0.3, -0.25) is 14.9 Å². The zero-order chi connectivity index (χ0) is 14.8. The van der Waals surface area contributed by atoms with E-state index in [-0.39, 0.29) is 17.7 Å². The van der Waals surface area contributed by atoms with Gasteiger partial charge in [0.05, 0.1) is 24.5 Å². The third-order valence-corrected chi connectivity index (χ3v) is 2.77. The van der Waals surface area contributed by atoms with Crippen molar-refractivity contribution in [2.75, 3.05) is 7.11 Å². The van der Waals surface area contributed by atoms with Crippen molar-refractivity contribution in [3.8, 4) is 5.75 Å². The van der Waals surface area contributed by atoms with Crippen LogP contribution in [0.5, 0.6) is 5.75 Å². The average molecular weight is 271 g/mol. The Balaban J connectivity index is 3.46. The first-order valence-corrected chi connectivity index (χ1v) is 5.43. The third-order valence-electron chi connectivity index (χ3n) is 2.77. The molecule has 0 unspecified atom stereocenters. The molecule has 0 saturated heterocycles. The molecule has 6 nitrogen and oxygen atoms in total. The number of non-ortho nitro benzene ring substituents is 1. The highest BCUT2D eigenvalue weighted by Gasteiger charge is 2.31. The number of ether oxygens (including phenoxy) is 1. The van der Waals surface area contributed by atoms with Gasteiger partial charge in [-0.1, -0.05) is 13.8 Å². The van der Waals surface area contributed by atoms with E-state index in [4.69, 9.17) is 9.84 Å². The normalized spacial score (nSPS) is 11.2. The number of nitro benzene ring substituents is 1. The van der Waals surface area contributed by atoms with Crippen LogP contribution < -0.4 is 4.74 Å². The quantitative estimate of drug-likeness (QED) is 0.656. The minimum absolute atomic E-state index is 0.157. The molecule has 0 atom stereocenters. The molecule has 0 amide bonds. The number of carboxylic acids is 1. The molecule has 0 aromatic heterocycles. The summed E-state index contributed by atoms with van der Waals surface area (Å²) in [5, 5.41) is 19.6. The highest BCUT2D eigenvalue weighted by molar-refractivity contribution is 5.69. The lowest BCUT2D eigenvalue weighted by Crippen LogP contribution is -2.23. The molecule has 0 fully saturated rings. The fraction of sp³-hybridized carbons (Fsp3) is 0.417. The summed E-state index contributed by atoms with van der Waals surface area (Å²) >= 11 is 0. The summed E-state index contributed by atoms with van der Waals surface area (Å²) in [6.07, 6.45) is -0.302. The second-order valence-electron chi connectivity index (χ2n) is 4.72. The van der Waals surface area contributed by atoms with Gasteiger partial charge < -0.3 is 9.84 Å². The van der Waals surface area contributed by atoms with E-state index in [9.17, 15) is 19.3 Å². The highest BCUT2D eigenvalue weighted by Crippen LogP contribution is 2.38. The van der Waals surface area contributed by atoms with Gasteiger partial charge in [0.25, 0.3) is 5.69 Å². The maximum atomic E-state index is 13.8. The van der Waals surface area contributed by atoms with Gasteiger partial charge in [0.1, 0.15) is 0 Å². The van der Waals surface area contributed by atoms with E-state index in [0.29, 0.717) is 0 Å². The van der Waals surface area contributed by atoms with Crippen LogP contribution in [0.15, 0.2) is 12.1 Å². The first-order valence-electron chi connectivity index (χ1n) is 5.43. The monoisotopic (exact) mass is 271 g/mol. The summed E-state index contributed by atoms with van der Waals surface area (Å²) in [6.45, 7) is 3.12. The fourth-order valence-corrected chi connectivity index (χ4v) is 1.87. The van der Waals surface area contributed by atoms with Crippen molar-refractivity contribution >= 4 is 11.7 Å². The van der Waals surface area contributed by atoms with Gasteiger partial charge in [-0.25, -0.2) is 4.39 Å². The van der Waals surface area contributed by atoms with E-state index in [1.807, 2.05) is 0 Å². The number of benzene rings is 1. The minimum Gasteiger partial charge on any atom is -0.493 e. The summed E-state index contributed by atoms with van der Waals surface area (Å²) in [7, 11) is 1.23. The maximum Gasteiger partial charge on any atom is 0.304 e. The molecular formula is C12H14FNO5. The van der Waals surface area contributed by atoms with Crippen molar-refractivity contribution in [1.29, 1.82) is 0 Å². The first kappa shape index (κ1) is 14.9. The molecule has 19 heavy (non-hydrogen) atoms. The van der Waals surface area contributed by atoms with Crippen molar-refractivity contribution in [1.82, 2.24) is 0 Å². The lowest BCUT2D eigenvalue weighted by atomic mass is 9.80. The van der Waals surface area contributed by atoms with Gasteiger partial charge in [0.15, 0.2) is 11.6 Å². The second-order valence-corrected chi connectivity index (χ2v) is 4.72. The Labute approximate surface area is 109 Å². The van der Waals surface area contributed by atoms with Crippen LogP contribution in [0.25, 0.3) is 0 Å². The van der Waals surface area contributed by atoms with Crippen molar-refractivity contribution < 1.29 is 24.0 Å². The molecule has 0 radical (unpaired) electrons. The first-order chi connectivity index (χ1) is 8.69. The van der Waals surface area contributed by atoms with Crippen LogP contribution in [0, 0.1) is 15.9 Å². The number of rotatable bonds is 5. The van der Waals surface area contributed by atoms with Gasteiger partial charge in [0.2, 0.25) is 0 Å². The van der Waals surface area contributed by atoms with Gasteiger partial charge in [-0.15, -0.1) is 0 Å². The van der Waals surface area contributed by atoms with Gasteiger partial charge in [0, 0.05) is 17.0 Å². The summed E-state index contributed by atoms with van der Waals surface area (Å²) in [5.41, 5.74) is -1.28. The zero-order valence-corrected chi connectivity index (χ0v) is 10.8. The predicted octanol–water partition coefficient (Wildman–Crippen LogP) is 2.49. The number of hydrogen-bond acceptors (Lipinski definition) is 4. The molecule has 0 aliphatic rings. The Bertz CT molecular complexity index is 527. The standard InChI is InChI=1S/C12H14FNO5/c1-12(2,6-10(15)16)8-4-7(14(17)18)5-9(13)11(8)19-3/h4-5H,6H2,1-3H3,(H,15,16). The molecule has 104 valence electrons. The lowest BCUT2D eigenvalue weighted by Gasteiger charge is -2.25. The molecule has 0 aliphatic carbocycles. The molecule has 1 aromatic carbocycles. The molecule has 1 N–H and O–H groups in total. The summed E-state index contributed by atoms with van der Waals surface area (Å²) in [6, 6.07) is 1.89. The van der Waals surface area contributed by atoms with Gasteiger partial charge in [-0.2, -0.15) is 0 Å². The minimum atomic E-state index is -1.08. The topological polar surface area (TPSA) is 89.7 Å². The molecular weight excluding hydrogens is 257 g/mol. The van der Waals surface area contributed by atoms with Gasteiger partial charge in [-0.05, 0) is 0 Å². The van der Waals surface area contributed by atoms with E-state index in [2.05, 4.69) is 0 Å². The van der Waals surface area contributed by atoms with E-state index < -0.39 is 27.8 Å². The van der Waals surface area contributed by atoms with E-state index in [1.165, 1.54) is 7.11 Å². The summed E-state index contributed by atoms with van der Waals surface area (Å²) < 4.78 is 18.7. The molecule has 0 saturated carbocycles. The maximum absolute atomic E-state index is 13.8. The summed E-state index contributed by atoms with van der Waals surface area (Å²) in [5.74, 6) is -2.14. The number of carbonyl (C=O) groups is 1. The van der Waals surface area contributed by atoms with Crippen LogP contribution in [-0.2, 0) is 10.2 Å². The average Bonchev–Trinajstić information content (AvgIpc) is 2.25. The SMILES string of the molecule is COc1c(F)cc([N+](=O)[O-])cc1C(C)(C)CC(=O)O. The van der Waals surface area contributed by atoms with Crippen LogP contribution >= 0.6 is 0 Å². The Morgan fingerprint density at radius 2 is 2.11 bits per heavy atom. The molecule has 1 aromatic rings. The van der Waals surface area contributed by atoms with Crippen LogP contribution in [-0.4, -0.2) is 23.1 Å². The highest BCUT2D eigenvalue weighted by atomic mass is 19.1. The number of halogens is 1. The van der Waals surface area contributed by atoms with Crippen molar-refractivity contribution in [2.45, 2.75) is 25.7 Å². The van der Waals surface area contributed by atoms with Crippen LogP contribution in [0.1, 0.15) is 25.8 Å². The Morgan fingerprint density at radius 1 is 1.53 bits per heavy atom. The molecule has 0 heterocycles. The number of aliphatic carboxylic acids is 1. The van der Waals surface area contributed by atoms with Crippen LogP contribution in [0.4, 0.5) is 10.1 Å². The molecule has 0 spiro atoms. The lowest BCUT2D eigenvalue weighted by molar-refractivity contribution is -0.385. The van der Waals surface area contributed by atoms with Crippen LogP contribution in [0.3, 0.4) is 0 Å². The molecule has 1 rings (SSSR count). The van der Waals surface area contributed by atoms with E-state index in [0.717, 1.165) is 12.1 Å². The number of methoxy groups -OCH3 is 1. The third kappa shape index (κ3) is 3.18. The predicted molar refractivity (Wildman–Crippen MR) is 64.9 cm³/mol. The molecule has 7 heteroatoms. The number of nitro groups is 1. The number of carboxylic acid groups (broad SMARTS) is 1. The Kier molecular flexibility index (Phi) is 4.08. The van der Waals surface area contributed by atoms with Crippen molar-refractivity contribution in [3.05, 3.63) is 33.6 Å². The van der Waals surface area contributed by atoms with E-state index in [1.54, 1.807) is 13.8 Å². The van der Waals surface area contributed by atoms with E-state index >= 15 is 0 Å². The fourth-order valence-electron chi connectivity index (χ4n) is 1.87. The second kappa shape index (κ2) is 5.21. The van der Waals surface area contributed by atoms with Crippen LogP contribution in [0.2, 0.25) is 0 Å².